The van der Waals surface area contributed by atoms with Gasteiger partial charge in [-0.15, -0.1) is 0 Å². The van der Waals surface area contributed by atoms with Crippen molar-refractivity contribution in [2.75, 3.05) is 13.2 Å². The Labute approximate surface area is 118 Å². The van der Waals surface area contributed by atoms with Crippen LogP contribution in [0.2, 0.25) is 5.23 Å². The summed E-state index contributed by atoms with van der Waals surface area (Å²) in [4.78, 5) is 0. The Morgan fingerprint density at radius 2 is 2.05 bits per heavy atom. The molecule has 0 heterocycles. The molecule has 0 radical (unpaired) electrons. The molecule has 1 atom stereocenters. The van der Waals surface area contributed by atoms with Crippen molar-refractivity contribution in [3.05, 3.63) is 41.5 Å². The van der Waals surface area contributed by atoms with E-state index in [0.717, 1.165) is 11.1 Å². The van der Waals surface area contributed by atoms with Crippen LogP contribution in [-0.4, -0.2) is 26.4 Å². The zero-order valence-corrected chi connectivity index (χ0v) is 16.0. The number of rotatable bonds is 4. The van der Waals surface area contributed by atoms with E-state index in [4.69, 9.17) is 27.0 Å². The van der Waals surface area contributed by atoms with E-state index in [0.29, 0.717) is 0 Å². The quantitative estimate of drug-likeness (QED) is 0.842. The third-order valence-corrected chi connectivity index (χ3v) is 16.5. The first-order chi connectivity index (χ1) is 8.38. The number of halogens is 2. The van der Waals surface area contributed by atoms with Gasteiger partial charge in [-0.2, -0.15) is 0 Å². The van der Waals surface area contributed by atoms with Crippen molar-refractivity contribution >= 4 is 32.8 Å². The number of aliphatic hydroxyl groups is 1. The second kappa shape index (κ2) is 3.50. The Bertz CT molecular complexity index is 671. The van der Waals surface area contributed by atoms with Crippen LogP contribution >= 0.6 is 18.6 Å². The molecule has 1 aliphatic rings. The molecule has 0 aliphatic heterocycles. The van der Waals surface area contributed by atoms with E-state index < -0.39 is 14.5 Å². The molecule has 106 valence electrons. The Morgan fingerprint density at radius 3 is 2.68 bits per heavy atom. The third-order valence-electron chi connectivity index (χ3n) is 3.64. The van der Waals surface area contributed by atoms with Crippen LogP contribution < -0.4 is 0 Å². The monoisotopic (exact) mass is 356 g/mol. The number of allylic oxidation sites excluding steroid dienone is 1. The maximum absolute atomic E-state index is 13.7. The summed E-state index contributed by atoms with van der Waals surface area (Å²) in [5.74, 6) is 0. The third kappa shape index (κ3) is 2.95. The summed E-state index contributed by atoms with van der Waals surface area (Å²) in [5.41, 5.74) is 1.76. The molecule has 3 nitrogen and oxygen atoms in total. The van der Waals surface area contributed by atoms with Gasteiger partial charge < -0.3 is 0 Å². The van der Waals surface area contributed by atoms with E-state index in [2.05, 4.69) is 0 Å². The van der Waals surface area contributed by atoms with Gasteiger partial charge in [-0.1, -0.05) is 0 Å². The molecule has 1 unspecified atom stereocenters. The predicted octanol–water partition coefficient (Wildman–Crippen LogP) is 2.42. The zero-order chi connectivity index (χ0) is 14.5. The summed E-state index contributed by atoms with van der Waals surface area (Å²) < 4.78 is 18.6. The first kappa shape index (κ1) is 15.6. The van der Waals surface area contributed by atoms with Crippen LogP contribution in [-0.2, 0) is 16.9 Å². The van der Waals surface area contributed by atoms with Gasteiger partial charge in [0.15, 0.2) is 0 Å². The van der Waals surface area contributed by atoms with Gasteiger partial charge in [-0.25, -0.2) is 0 Å². The average molecular weight is 357 g/mol. The fraction of sp³-hybridized carbons (Fsp3) is 0.333. The van der Waals surface area contributed by atoms with Gasteiger partial charge in [0.25, 0.3) is 0 Å². The van der Waals surface area contributed by atoms with E-state index in [9.17, 15) is 3.32 Å². The Hall–Kier alpha value is 0.191. The summed E-state index contributed by atoms with van der Waals surface area (Å²) in [7, 11) is 6.77. The summed E-state index contributed by atoms with van der Waals surface area (Å²) >= 11 is 0. The Morgan fingerprint density at radius 1 is 1.42 bits per heavy atom. The fourth-order valence-electron chi connectivity index (χ4n) is 2.67. The van der Waals surface area contributed by atoms with Crippen LogP contribution in [0.3, 0.4) is 0 Å². The SMILES string of the molecule is [CH3][Ti](=[O])([SiH3])([Cl])([Cl])([O]CCO)[CH]1C=Cc2ccccc21. The molecule has 0 spiro atoms. The number of fused-ring (bicyclic) bond motifs is 1. The van der Waals surface area contributed by atoms with Crippen molar-refractivity contribution in [3.63, 3.8) is 0 Å². The van der Waals surface area contributed by atoms with E-state index in [1.165, 1.54) is 5.23 Å². The number of hydrogen-bond donors (Lipinski definition) is 1. The van der Waals surface area contributed by atoms with Crippen LogP contribution in [0.4, 0.5) is 0 Å². The van der Waals surface area contributed by atoms with Gasteiger partial charge >= 0.3 is 119 Å². The molecule has 0 fully saturated rings. The Balaban J connectivity index is 2.64. The normalized spacial score (nSPS) is 24.2. The molecule has 1 aromatic carbocycles. The van der Waals surface area contributed by atoms with Gasteiger partial charge in [0, 0.05) is 0 Å². The minimum atomic E-state index is -6.36. The molecule has 1 aliphatic carbocycles. The predicted molar refractivity (Wildman–Crippen MR) is 79.5 cm³/mol. The van der Waals surface area contributed by atoms with Gasteiger partial charge in [-0.3, -0.25) is 0 Å². The molecule has 7 heteroatoms. The summed E-state index contributed by atoms with van der Waals surface area (Å²) in [6, 6.07) is 7.53. The van der Waals surface area contributed by atoms with E-state index in [1.54, 1.807) is 6.08 Å². The van der Waals surface area contributed by atoms with Crippen molar-refractivity contribution in [1.82, 2.24) is 0 Å². The molecule has 0 aromatic heterocycles. The average Bonchev–Trinajstić information content (AvgIpc) is 2.70. The van der Waals surface area contributed by atoms with Crippen LogP contribution in [0.5, 0.6) is 0 Å². The van der Waals surface area contributed by atoms with Crippen molar-refractivity contribution in [2.45, 2.75) is 9.45 Å². The van der Waals surface area contributed by atoms with E-state index >= 15 is 0 Å². The molecule has 0 saturated heterocycles. The number of benzene rings is 1. The summed E-state index contributed by atoms with van der Waals surface area (Å²) in [5, 5.41) is 10.3. The van der Waals surface area contributed by atoms with Crippen LogP contribution in [0.15, 0.2) is 30.3 Å². The van der Waals surface area contributed by atoms with Crippen molar-refractivity contribution in [1.29, 1.82) is 0 Å². The zero-order valence-electron chi connectivity index (χ0n) is 11.0. The minimum absolute atomic E-state index is 0.0299. The van der Waals surface area contributed by atoms with Gasteiger partial charge in [0.05, 0.1) is 0 Å². The number of hydrogen-bond acceptors (Lipinski definition) is 3. The molecule has 19 heavy (non-hydrogen) atoms. The first-order valence-electron chi connectivity index (χ1n) is 6.25. The second-order valence-electron chi connectivity index (χ2n) is 6.60. The molecule has 2 rings (SSSR count). The van der Waals surface area contributed by atoms with Crippen molar-refractivity contribution in [2.24, 2.45) is 0 Å². The molecular formula is C12H18Cl2O3SiTi. The molecule has 1 aromatic rings. The van der Waals surface area contributed by atoms with E-state index in [-0.39, 0.29) is 21.3 Å². The van der Waals surface area contributed by atoms with Gasteiger partial charge in [-0.05, 0) is 0 Å². The maximum atomic E-state index is 13.7. The molecule has 1 N–H and O–H groups in total. The Kier molecular flexibility index (Phi) is 2.87. The van der Waals surface area contributed by atoms with Crippen LogP contribution in [0.1, 0.15) is 15.3 Å². The van der Waals surface area contributed by atoms with Gasteiger partial charge in [0.2, 0.25) is 0 Å². The summed E-state index contributed by atoms with van der Waals surface area (Å²) in [6.07, 6.45) is 3.60. The van der Waals surface area contributed by atoms with E-state index in [1.807, 2.05) is 30.3 Å². The van der Waals surface area contributed by atoms with Gasteiger partial charge in [0.1, 0.15) is 0 Å². The topological polar surface area (TPSA) is 46.5 Å². The van der Waals surface area contributed by atoms with Crippen LogP contribution in [0, 0.1) is 0 Å². The number of aliphatic hydroxyl groups excluding tert-OH is 1. The molecule has 0 saturated carbocycles. The molecular weight excluding hydrogens is 339 g/mol. The first-order valence-corrected chi connectivity index (χ1v) is 20.0. The fourth-order valence-corrected chi connectivity index (χ4v) is 12.8. The van der Waals surface area contributed by atoms with Crippen molar-refractivity contribution in [3.8, 4) is 0 Å². The van der Waals surface area contributed by atoms with Crippen LogP contribution in [0.25, 0.3) is 6.08 Å². The second-order valence-corrected chi connectivity index (χ2v) is 51.3. The van der Waals surface area contributed by atoms with Crippen molar-refractivity contribution < 1.29 is 22.0 Å². The summed E-state index contributed by atoms with van der Waals surface area (Å²) in [6.45, 7) is -0.415. The molecule has 0 bridgehead atoms. The standard InChI is InChI=1S/C9H7.C2H5O2.CH3.2ClH.O.H3Si.Ti/c1-2-5-9-7-3-6-8(9)4-1;3-1-2-4;;;;;;/h1-7H;3H,1-2H2;1H3;2*1H;;1H3;/q;-1;;;;;;+3/p-2. The molecule has 0 amide bonds.